The number of hydrogen-bond acceptors (Lipinski definition) is 3. The molecule has 1 aromatic carbocycles. The molecule has 4 heteroatoms. The quantitative estimate of drug-likeness (QED) is 0.607. The molecule has 2 heterocycles. The Bertz CT molecular complexity index is 901. The Kier molecular flexibility index (Phi) is 4.68. The van der Waals surface area contributed by atoms with Gasteiger partial charge in [-0.05, 0) is 55.2 Å². The number of hydrogen-bond donors (Lipinski definition) is 1. The molecule has 3 aromatic rings. The fourth-order valence-electron chi connectivity index (χ4n) is 2.88. The molecule has 0 radical (unpaired) electrons. The molecule has 0 spiro atoms. The van der Waals surface area contributed by atoms with Crippen LogP contribution in [0.2, 0.25) is 5.02 Å². The Morgan fingerprint density at radius 2 is 1.88 bits per heavy atom. The van der Waals surface area contributed by atoms with E-state index in [1.165, 1.54) is 10.4 Å². The predicted octanol–water partition coefficient (Wildman–Crippen LogP) is 6.14. The topological polar surface area (TPSA) is 33.4 Å². The van der Waals surface area contributed by atoms with E-state index in [9.17, 15) is 5.11 Å². The Balaban J connectivity index is 2.20. The van der Waals surface area contributed by atoms with E-state index in [0.717, 1.165) is 32.7 Å². The van der Waals surface area contributed by atoms with E-state index in [0.29, 0.717) is 10.8 Å². The van der Waals surface area contributed by atoms with Gasteiger partial charge in [-0.3, -0.25) is 0 Å². The maximum atomic E-state index is 9.62. The normalized spacial score (nSPS) is 11.0. The number of thiophene rings is 1. The highest BCUT2D eigenvalue weighted by Gasteiger charge is 2.22. The maximum absolute atomic E-state index is 9.62. The van der Waals surface area contributed by atoms with E-state index >= 15 is 0 Å². The van der Waals surface area contributed by atoms with Gasteiger partial charge in [0, 0.05) is 25.9 Å². The first-order valence-corrected chi connectivity index (χ1v) is 8.86. The van der Waals surface area contributed by atoms with Crippen LogP contribution in [0.4, 0.5) is 0 Å². The summed E-state index contributed by atoms with van der Waals surface area (Å²) in [6, 6.07) is 7.71. The van der Waals surface area contributed by atoms with Crippen molar-refractivity contribution in [2.75, 3.05) is 0 Å². The minimum Gasteiger partial charge on any atom is -0.466 e. The molecule has 0 amide bonds. The van der Waals surface area contributed by atoms with Gasteiger partial charge in [-0.25, -0.2) is 0 Å². The molecular weight excluding hydrogens is 340 g/mol. The second-order valence-corrected chi connectivity index (χ2v) is 7.51. The molecular formula is C20H19ClO2S. The summed E-state index contributed by atoms with van der Waals surface area (Å²) in [7, 11) is 0. The van der Waals surface area contributed by atoms with E-state index in [1.807, 2.05) is 31.2 Å². The van der Waals surface area contributed by atoms with Gasteiger partial charge in [0.25, 0.3) is 0 Å². The van der Waals surface area contributed by atoms with Crippen LogP contribution in [0.3, 0.4) is 0 Å². The van der Waals surface area contributed by atoms with Gasteiger partial charge in [0.2, 0.25) is 0 Å². The number of furan rings is 1. The van der Waals surface area contributed by atoms with Crippen LogP contribution in [0.1, 0.15) is 32.9 Å². The molecule has 124 valence electrons. The van der Waals surface area contributed by atoms with E-state index in [4.69, 9.17) is 16.0 Å². The van der Waals surface area contributed by atoms with Crippen molar-refractivity contribution in [3.05, 3.63) is 75.0 Å². The molecule has 0 aliphatic rings. The lowest BCUT2D eigenvalue weighted by Crippen LogP contribution is -1.92. The summed E-state index contributed by atoms with van der Waals surface area (Å²) in [5.74, 6) is 0.596. The summed E-state index contributed by atoms with van der Waals surface area (Å²) in [4.78, 5) is 2.33. The van der Waals surface area contributed by atoms with Crippen LogP contribution in [0.25, 0.3) is 16.0 Å². The molecule has 3 rings (SSSR count). The maximum Gasteiger partial charge on any atom is 0.138 e. The highest BCUT2D eigenvalue weighted by molar-refractivity contribution is 7.16. The van der Waals surface area contributed by atoms with Crippen LogP contribution in [-0.2, 0) is 6.61 Å². The smallest absolute Gasteiger partial charge is 0.138 e. The summed E-state index contributed by atoms with van der Waals surface area (Å²) in [5.41, 5.74) is 6.30. The molecule has 0 unspecified atom stereocenters. The Hall–Kier alpha value is -1.81. The fraction of sp³-hybridized carbons (Fsp3) is 0.200. The zero-order chi connectivity index (χ0) is 17.4. The van der Waals surface area contributed by atoms with E-state index in [2.05, 4.69) is 20.4 Å². The second-order valence-electron chi connectivity index (χ2n) is 5.85. The lowest BCUT2D eigenvalue weighted by Gasteiger charge is -2.11. The SMILES string of the molecule is C=C(c1ccc(Cl)cc1)c1c(-c2c(C)coc2CO)sc(C)c1C. The molecule has 24 heavy (non-hydrogen) atoms. The number of halogens is 1. The van der Waals surface area contributed by atoms with Crippen molar-refractivity contribution < 1.29 is 9.52 Å². The monoisotopic (exact) mass is 358 g/mol. The third-order valence-corrected chi connectivity index (χ3v) is 5.78. The Labute approximate surface area is 151 Å². The largest absolute Gasteiger partial charge is 0.466 e. The van der Waals surface area contributed by atoms with Crippen molar-refractivity contribution in [2.24, 2.45) is 0 Å². The number of rotatable bonds is 4. The molecule has 2 nitrogen and oxygen atoms in total. The van der Waals surface area contributed by atoms with Crippen LogP contribution in [0.15, 0.2) is 41.5 Å². The lowest BCUT2D eigenvalue weighted by atomic mass is 9.93. The van der Waals surface area contributed by atoms with E-state index in [-0.39, 0.29) is 6.61 Å². The molecule has 0 aliphatic heterocycles. The van der Waals surface area contributed by atoms with Crippen LogP contribution in [0.5, 0.6) is 0 Å². The second kappa shape index (κ2) is 6.60. The van der Waals surface area contributed by atoms with Gasteiger partial charge in [0.15, 0.2) is 0 Å². The summed E-state index contributed by atoms with van der Waals surface area (Å²) in [6.07, 6.45) is 1.69. The van der Waals surface area contributed by atoms with Crippen molar-refractivity contribution in [2.45, 2.75) is 27.4 Å². The first kappa shape index (κ1) is 17.0. The number of aliphatic hydroxyl groups excluding tert-OH is 1. The highest BCUT2D eigenvalue weighted by Crippen LogP contribution is 2.44. The van der Waals surface area contributed by atoms with Gasteiger partial charge in [0.1, 0.15) is 12.4 Å². The first-order chi connectivity index (χ1) is 11.4. The number of aryl methyl sites for hydroxylation is 2. The predicted molar refractivity (Wildman–Crippen MR) is 102 cm³/mol. The van der Waals surface area contributed by atoms with Crippen molar-refractivity contribution in [1.82, 2.24) is 0 Å². The van der Waals surface area contributed by atoms with Gasteiger partial charge >= 0.3 is 0 Å². The van der Waals surface area contributed by atoms with Gasteiger partial charge < -0.3 is 9.52 Å². The minimum atomic E-state index is -0.119. The van der Waals surface area contributed by atoms with E-state index in [1.54, 1.807) is 17.6 Å². The van der Waals surface area contributed by atoms with Gasteiger partial charge in [-0.15, -0.1) is 11.3 Å². The van der Waals surface area contributed by atoms with Crippen molar-refractivity contribution in [3.8, 4) is 10.4 Å². The number of benzene rings is 1. The average Bonchev–Trinajstić information content (AvgIpc) is 3.07. The van der Waals surface area contributed by atoms with Crippen molar-refractivity contribution in [3.63, 3.8) is 0 Å². The number of aliphatic hydroxyl groups is 1. The standard InChI is InChI=1S/C20H19ClO2S/c1-11-10-23-17(9-22)18(11)20-19(12(2)14(4)24-20)13(3)15-5-7-16(21)8-6-15/h5-8,10,22H,3,9H2,1-2,4H3. The summed E-state index contributed by atoms with van der Waals surface area (Å²) >= 11 is 7.71. The van der Waals surface area contributed by atoms with E-state index < -0.39 is 0 Å². The summed E-state index contributed by atoms with van der Waals surface area (Å²) in [5, 5.41) is 10.3. The van der Waals surface area contributed by atoms with Crippen molar-refractivity contribution >= 4 is 28.5 Å². The third kappa shape index (κ3) is 2.84. The van der Waals surface area contributed by atoms with Crippen molar-refractivity contribution in [1.29, 1.82) is 0 Å². The minimum absolute atomic E-state index is 0.119. The van der Waals surface area contributed by atoms with Crippen LogP contribution in [0, 0.1) is 20.8 Å². The molecule has 0 atom stereocenters. The molecule has 0 saturated heterocycles. The molecule has 0 saturated carbocycles. The first-order valence-electron chi connectivity index (χ1n) is 7.67. The Morgan fingerprint density at radius 3 is 2.50 bits per heavy atom. The fourth-order valence-corrected chi connectivity index (χ4v) is 4.32. The van der Waals surface area contributed by atoms with Gasteiger partial charge in [-0.2, -0.15) is 0 Å². The summed E-state index contributed by atoms with van der Waals surface area (Å²) < 4.78 is 5.51. The van der Waals surface area contributed by atoms with Crippen LogP contribution >= 0.6 is 22.9 Å². The molecule has 2 aromatic heterocycles. The third-order valence-electron chi connectivity index (χ3n) is 4.30. The lowest BCUT2D eigenvalue weighted by molar-refractivity contribution is 0.248. The zero-order valence-corrected chi connectivity index (χ0v) is 15.5. The zero-order valence-electron chi connectivity index (χ0n) is 13.9. The van der Waals surface area contributed by atoms with Crippen LogP contribution in [-0.4, -0.2) is 5.11 Å². The van der Waals surface area contributed by atoms with Gasteiger partial charge in [-0.1, -0.05) is 30.3 Å². The molecule has 0 fully saturated rings. The summed E-state index contributed by atoms with van der Waals surface area (Å²) in [6.45, 7) is 10.4. The van der Waals surface area contributed by atoms with Gasteiger partial charge in [0.05, 0.1) is 6.26 Å². The average molecular weight is 359 g/mol. The highest BCUT2D eigenvalue weighted by atomic mass is 35.5. The molecule has 0 aliphatic carbocycles. The molecule has 0 bridgehead atoms. The van der Waals surface area contributed by atoms with Crippen LogP contribution < -0.4 is 0 Å². The molecule has 1 N–H and O–H groups in total. The Morgan fingerprint density at radius 1 is 1.21 bits per heavy atom.